The van der Waals surface area contributed by atoms with Crippen molar-refractivity contribution in [3.8, 4) is 0 Å². The first kappa shape index (κ1) is 26.0. The van der Waals surface area contributed by atoms with E-state index in [0.717, 1.165) is 24.4 Å². The molecule has 1 nitrogen and oxygen atoms in total. The molecule has 0 heterocycles. The predicted molar refractivity (Wildman–Crippen MR) is 129 cm³/mol. The van der Waals surface area contributed by atoms with Gasteiger partial charge in [0.1, 0.15) is 0 Å². The van der Waals surface area contributed by atoms with E-state index < -0.39 is 0 Å². The van der Waals surface area contributed by atoms with Crippen LogP contribution in [0.2, 0.25) is 0 Å². The van der Waals surface area contributed by atoms with Crippen LogP contribution in [0.25, 0.3) is 0 Å². The second kappa shape index (κ2) is 16.0. The lowest BCUT2D eigenvalue weighted by atomic mass is 9.99. The predicted octanol–water partition coefficient (Wildman–Crippen LogP) is 8.15. The molecule has 2 aromatic rings. The summed E-state index contributed by atoms with van der Waals surface area (Å²) >= 11 is 0. The Balaban J connectivity index is 0.000000553. The van der Waals surface area contributed by atoms with Crippen molar-refractivity contribution in [2.75, 3.05) is 5.73 Å². The van der Waals surface area contributed by atoms with E-state index in [4.69, 9.17) is 5.73 Å². The molecule has 1 aliphatic carbocycles. The van der Waals surface area contributed by atoms with Crippen molar-refractivity contribution in [3.05, 3.63) is 77.9 Å². The lowest BCUT2D eigenvalue weighted by Crippen LogP contribution is -1.93. The van der Waals surface area contributed by atoms with Crippen molar-refractivity contribution in [1.82, 2.24) is 0 Å². The molecule has 0 aliphatic heterocycles. The highest BCUT2D eigenvalue weighted by atomic mass is 14.5. The molecule has 1 aliphatic rings. The maximum Gasteiger partial charge on any atom is 0.0316 e. The quantitative estimate of drug-likeness (QED) is 0.419. The van der Waals surface area contributed by atoms with E-state index in [0.29, 0.717) is 0 Å². The summed E-state index contributed by atoms with van der Waals surface area (Å²) in [5, 5.41) is 0. The van der Waals surface area contributed by atoms with Crippen LogP contribution >= 0.6 is 0 Å². The standard InChI is InChI=1S/C16H19N.C7H14.C2H6.C2H4/c1-3-15-8-7-14(9-12(15)2)10-13-5-4-6-16(17)11-13;1-2-7-5-3-4-6-7;2*1-2/h4-9,11H,3,10,17H2,1-2H3;7H,2-6H2,1H3;1-2H3;1-2H2. The molecule has 0 atom stereocenters. The number of anilines is 1. The molecule has 1 heteroatoms. The van der Waals surface area contributed by atoms with E-state index in [-0.39, 0.29) is 0 Å². The second-order valence-electron chi connectivity index (χ2n) is 7.09. The minimum absolute atomic E-state index is 0.837. The van der Waals surface area contributed by atoms with E-state index in [1.165, 1.54) is 54.4 Å². The highest BCUT2D eigenvalue weighted by Crippen LogP contribution is 2.26. The number of rotatable bonds is 4. The molecule has 28 heavy (non-hydrogen) atoms. The van der Waals surface area contributed by atoms with Gasteiger partial charge >= 0.3 is 0 Å². The summed E-state index contributed by atoms with van der Waals surface area (Å²) in [7, 11) is 0. The number of hydrogen-bond acceptors (Lipinski definition) is 1. The summed E-state index contributed by atoms with van der Waals surface area (Å²) < 4.78 is 0. The van der Waals surface area contributed by atoms with Gasteiger partial charge in [-0.25, -0.2) is 0 Å². The summed E-state index contributed by atoms with van der Waals surface area (Å²) in [6.07, 6.45) is 9.49. The van der Waals surface area contributed by atoms with Crippen molar-refractivity contribution in [2.24, 2.45) is 5.92 Å². The fourth-order valence-electron chi connectivity index (χ4n) is 3.62. The largest absolute Gasteiger partial charge is 0.399 e. The van der Waals surface area contributed by atoms with E-state index in [1.807, 2.05) is 32.0 Å². The van der Waals surface area contributed by atoms with Crippen LogP contribution < -0.4 is 5.73 Å². The fourth-order valence-corrected chi connectivity index (χ4v) is 3.62. The van der Waals surface area contributed by atoms with Gasteiger partial charge in [0.25, 0.3) is 0 Å². The van der Waals surface area contributed by atoms with Crippen LogP contribution in [0.15, 0.2) is 55.6 Å². The minimum atomic E-state index is 0.837. The second-order valence-corrected chi connectivity index (χ2v) is 7.09. The van der Waals surface area contributed by atoms with E-state index in [1.54, 1.807) is 0 Å². The van der Waals surface area contributed by atoms with Crippen LogP contribution in [-0.4, -0.2) is 0 Å². The van der Waals surface area contributed by atoms with E-state index >= 15 is 0 Å². The maximum absolute atomic E-state index is 5.79. The Labute approximate surface area is 175 Å². The van der Waals surface area contributed by atoms with Crippen LogP contribution in [0.1, 0.15) is 82.1 Å². The van der Waals surface area contributed by atoms with Crippen molar-refractivity contribution in [1.29, 1.82) is 0 Å². The zero-order valence-corrected chi connectivity index (χ0v) is 19.1. The summed E-state index contributed by atoms with van der Waals surface area (Å²) in [6, 6.07) is 14.8. The van der Waals surface area contributed by atoms with Crippen molar-refractivity contribution >= 4 is 5.69 Å². The molecular formula is C27H43N. The molecule has 0 aromatic heterocycles. The molecule has 2 N–H and O–H groups in total. The molecule has 156 valence electrons. The first-order valence-corrected chi connectivity index (χ1v) is 11.0. The molecular weight excluding hydrogens is 338 g/mol. The third-order valence-electron chi connectivity index (χ3n) is 5.20. The SMILES string of the molecule is C=C.CC.CCC1CCCC1.CCc1ccc(Cc2cccc(N)c2)cc1C. The summed E-state index contributed by atoms with van der Waals surface area (Å²) in [5.41, 5.74) is 12.1. The number of nitrogens with two attached hydrogens (primary N) is 1. The first-order chi connectivity index (χ1) is 13.6. The van der Waals surface area contributed by atoms with Crippen molar-refractivity contribution in [2.45, 2.75) is 79.6 Å². The van der Waals surface area contributed by atoms with Crippen LogP contribution in [0.4, 0.5) is 5.69 Å². The number of nitrogen functional groups attached to an aromatic ring is 1. The Morgan fingerprint density at radius 2 is 1.54 bits per heavy atom. The zero-order chi connectivity index (χ0) is 21.4. The number of benzene rings is 2. The van der Waals surface area contributed by atoms with Crippen LogP contribution in [0.3, 0.4) is 0 Å². The molecule has 1 saturated carbocycles. The lowest BCUT2D eigenvalue weighted by Gasteiger charge is -2.07. The van der Waals surface area contributed by atoms with Gasteiger partial charge in [-0.3, -0.25) is 0 Å². The molecule has 0 bridgehead atoms. The Bertz CT molecular complexity index is 638. The lowest BCUT2D eigenvalue weighted by molar-refractivity contribution is 0.531. The van der Waals surface area contributed by atoms with Crippen LogP contribution in [0.5, 0.6) is 0 Å². The summed E-state index contributed by atoms with van der Waals surface area (Å²) in [5.74, 6) is 1.10. The van der Waals surface area contributed by atoms with Gasteiger partial charge in [-0.15, -0.1) is 13.2 Å². The third-order valence-corrected chi connectivity index (χ3v) is 5.20. The van der Waals surface area contributed by atoms with Gasteiger partial charge < -0.3 is 5.73 Å². The minimum Gasteiger partial charge on any atom is -0.399 e. The van der Waals surface area contributed by atoms with Crippen LogP contribution in [-0.2, 0) is 12.8 Å². The number of hydrogen-bond donors (Lipinski definition) is 1. The Morgan fingerprint density at radius 3 is 2.00 bits per heavy atom. The molecule has 0 unspecified atom stereocenters. The molecule has 1 fully saturated rings. The van der Waals surface area contributed by atoms with Crippen molar-refractivity contribution in [3.63, 3.8) is 0 Å². The number of aryl methyl sites for hydroxylation is 2. The van der Waals surface area contributed by atoms with Gasteiger partial charge in [0, 0.05) is 5.69 Å². The van der Waals surface area contributed by atoms with Gasteiger partial charge in [-0.2, -0.15) is 0 Å². The average Bonchev–Trinajstić information content (AvgIpc) is 3.26. The molecule has 0 spiro atoms. The fraction of sp³-hybridized carbons (Fsp3) is 0.481. The normalized spacial score (nSPS) is 12.6. The molecule has 0 amide bonds. The Kier molecular flexibility index (Phi) is 14.8. The van der Waals surface area contributed by atoms with Gasteiger partial charge in [-0.05, 0) is 60.1 Å². The first-order valence-electron chi connectivity index (χ1n) is 11.0. The molecule has 3 rings (SSSR count). The molecule has 0 radical (unpaired) electrons. The third kappa shape index (κ3) is 9.78. The van der Waals surface area contributed by atoms with Crippen LogP contribution in [0, 0.1) is 12.8 Å². The Hall–Kier alpha value is -2.02. The van der Waals surface area contributed by atoms with Gasteiger partial charge in [-0.1, -0.05) is 90.1 Å². The molecule has 2 aromatic carbocycles. The van der Waals surface area contributed by atoms with E-state index in [2.05, 4.69) is 58.2 Å². The zero-order valence-electron chi connectivity index (χ0n) is 19.1. The maximum atomic E-state index is 5.79. The van der Waals surface area contributed by atoms with Gasteiger partial charge in [0.15, 0.2) is 0 Å². The summed E-state index contributed by atoms with van der Waals surface area (Å²) in [4.78, 5) is 0. The van der Waals surface area contributed by atoms with E-state index in [9.17, 15) is 0 Å². The average molecular weight is 382 g/mol. The van der Waals surface area contributed by atoms with Gasteiger partial charge in [0.05, 0.1) is 0 Å². The van der Waals surface area contributed by atoms with Crippen molar-refractivity contribution < 1.29 is 0 Å². The summed E-state index contributed by atoms with van der Waals surface area (Å²) in [6.45, 7) is 16.7. The smallest absolute Gasteiger partial charge is 0.0316 e. The topological polar surface area (TPSA) is 26.0 Å². The monoisotopic (exact) mass is 381 g/mol. The Morgan fingerprint density at radius 1 is 0.929 bits per heavy atom. The van der Waals surface area contributed by atoms with Gasteiger partial charge in [0.2, 0.25) is 0 Å². The highest BCUT2D eigenvalue weighted by molar-refractivity contribution is 5.43. The molecule has 0 saturated heterocycles. The highest BCUT2D eigenvalue weighted by Gasteiger charge is 2.11.